The molecular formula is C12H16N2O7S. The highest BCUT2D eigenvalue weighted by Gasteiger charge is 2.43. The first-order chi connectivity index (χ1) is 10.4. The van der Waals surface area contributed by atoms with Crippen LogP contribution >= 0.6 is 12.2 Å². The zero-order chi connectivity index (χ0) is 16.3. The Hall–Kier alpha value is -1.59. The molecule has 122 valence electrons. The monoisotopic (exact) mass is 332 g/mol. The Morgan fingerprint density at radius 1 is 1.50 bits per heavy atom. The number of hydrogen-bond acceptors (Lipinski definition) is 8. The second-order valence-electron chi connectivity index (χ2n) is 4.65. The van der Waals surface area contributed by atoms with Crippen LogP contribution in [0.15, 0.2) is 17.1 Å². The molecule has 2 heterocycles. The molecule has 10 heteroatoms. The molecule has 4 atom stereocenters. The minimum atomic E-state index is -1.26. The third-order valence-corrected chi connectivity index (χ3v) is 3.51. The molecule has 9 nitrogen and oxygen atoms in total. The molecular weight excluding hydrogens is 316 g/mol. The number of carbonyl (C=O) groups excluding carboxylic acids is 1. The van der Waals surface area contributed by atoms with Crippen LogP contribution in [0.1, 0.15) is 6.23 Å². The molecule has 2 rings (SSSR count). The Balaban J connectivity index is 2.05. The summed E-state index contributed by atoms with van der Waals surface area (Å²) < 4.78 is 16.4. The van der Waals surface area contributed by atoms with Crippen LogP contribution in [-0.2, 0) is 19.0 Å². The van der Waals surface area contributed by atoms with Gasteiger partial charge in [-0.3, -0.25) is 14.3 Å². The molecule has 0 radical (unpaired) electrons. The van der Waals surface area contributed by atoms with Crippen LogP contribution in [-0.4, -0.2) is 64.4 Å². The number of aromatic amines is 1. The van der Waals surface area contributed by atoms with Gasteiger partial charge < -0.3 is 24.4 Å². The van der Waals surface area contributed by atoms with E-state index in [2.05, 4.69) is 9.72 Å². The number of H-pyrrole nitrogens is 1. The minimum absolute atomic E-state index is 0.0554. The van der Waals surface area contributed by atoms with Crippen LogP contribution in [0.5, 0.6) is 0 Å². The summed E-state index contributed by atoms with van der Waals surface area (Å²) in [7, 11) is 1.23. The van der Waals surface area contributed by atoms with Crippen molar-refractivity contribution >= 4 is 18.2 Å². The second kappa shape index (κ2) is 7.11. The number of nitrogens with one attached hydrogen (secondary N) is 1. The van der Waals surface area contributed by atoms with Crippen molar-refractivity contribution in [1.82, 2.24) is 9.55 Å². The first-order valence-corrected chi connectivity index (χ1v) is 6.82. The van der Waals surface area contributed by atoms with E-state index in [-0.39, 0.29) is 23.5 Å². The molecule has 1 aromatic heterocycles. The van der Waals surface area contributed by atoms with Gasteiger partial charge in [-0.05, 0) is 12.2 Å². The van der Waals surface area contributed by atoms with Gasteiger partial charge in [0.2, 0.25) is 0 Å². The lowest BCUT2D eigenvalue weighted by Gasteiger charge is -2.17. The molecule has 0 amide bonds. The Labute approximate surface area is 130 Å². The standard InChI is InChI=1S/C12H16N2O7S/c1-19-8(16)5-20-4-6-9(17)10(18)11(21-6)14-3-2-7(15)13-12(14)22/h2-3,6,9-11,17-18H,4-5H2,1H3,(H,13,15,22)/t6-,9-,10-,11-/m1/s1. The third-order valence-electron chi connectivity index (χ3n) is 3.19. The van der Waals surface area contributed by atoms with E-state index < -0.39 is 30.5 Å². The molecule has 22 heavy (non-hydrogen) atoms. The average molecular weight is 332 g/mol. The maximum Gasteiger partial charge on any atom is 0.331 e. The van der Waals surface area contributed by atoms with E-state index in [9.17, 15) is 19.8 Å². The third kappa shape index (κ3) is 3.59. The predicted molar refractivity (Wildman–Crippen MR) is 74.6 cm³/mol. The zero-order valence-electron chi connectivity index (χ0n) is 11.7. The lowest BCUT2D eigenvalue weighted by Crippen LogP contribution is -2.34. The topological polar surface area (TPSA) is 123 Å². The van der Waals surface area contributed by atoms with Crippen molar-refractivity contribution in [2.45, 2.75) is 24.5 Å². The average Bonchev–Trinajstić information content (AvgIpc) is 2.75. The SMILES string of the molecule is COC(=O)COC[C@H]1O[C@@H](n2ccc(=O)[nH]c2=S)[C@H](O)[C@@H]1O. The quantitative estimate of drug-likeness (QED) is 0.450. The van der Waals surface area contributed by atoms with E-state index in [1.807, 2.05) is 0 Å². The number of aromatic nitrogens is 2. The van der Waals surface area contributed by atoms with Gasteiger partial charge in [-0.25, -0.2) is 4.79 Å². The van der Waals surface area contributed by atoms with Crippen molar-refractivity contribution in [3.05, 3.63) is 27.4 Å². The normalized spacial score (nSPS) is 27.8. The Morgan fingerprint density at radius 3 is 2.86 bits per heavy atom. The summed E-state index contributed by atoms with van der Waals surface area (Å²) in [4.78, 5) is 24.5. The van der Waals surface area contributed by atoms with Gasteiger partial charge in [0.15, 0.2) is 11.0 Å². The Bertz CT molecular complexity index is 643. The highest BCUT2D eigenvalue weighted by Crippen LogP contribution is 2.29. The van der Waals surface area contributed by atoms with Gasteiger partial charge in [0.25, 0.3) is 5.56 Å². The molecule has 0 aliphatic carbocycles. The van der Waals surface area contributed by atoms with E-state index in [0.29, 0.717) is 0 Å². The number of rotatable bonds is 5. The van der Waals surface area contributed by atoms with Crippen molar-refractivity contribution in [1.29, 1.82) is 0 Å². The van der Waals surface area contributed by atoms with Crippen LogP contribution in [0.2, 0.25) is 0 Å². The smallest absolute Gasteiger partial charge is 0.331 e. The lowest BCUT2D eigenvalue weighted by atomic mass is 10.1. The fraction of sp³-hybridized carbons (Fsp3) is 0.583. The van der Waals surface area contributed by atoms with E-state index >= 15 is 0 Å². The summed E-state index contributed by atoms with van der Waals surface area (Å²) in [6.45, 7) is -0.400. The van der Waals surface area contributed by atoms with Gasteiger partial charge in [-0.2, -0.15) is 0 Å². The number of aliphatic hydroxyl groups excluding tert-OH is 2. The Kier molecular flexibility index (Phi) is 5.42. The Morgan fingerprint density at radius 2 is 2.23 bits per heavy atom. The van der Waals surface area contributed by atoms with Crippen molar-refractivity contribution < 1.29 is 29.2 Å². The predicted octanol–water partition coefficient (Wildman–Crippen LogP) is -1.29. The van der Waals surface area contributed by atoms with Gasteiger partial charge in [-0.1, -0.05) is 0 Å². The first-order valence-electron chi connectivity index (χ1n) is 6.41. The van der Waals surface area contributed by atoms with Crippen LogP contribution in [0, 0.1) is 4.77 Å². The van der Waals surface area contributed by atoms with Crippen LogP contribution in [0.25, 0.3) is 0 Å². The highest BCUT2D eigenvalue weighted by atomic mass is 32.1. The minimum Gasteiger partial charge on any atom is -0.467 e. The molecule has 0 saturated carbocycles. The molecule has 1 aliphatic heterocycles. The molecule has 0 bridgehead atoms. The fourth-order valence-electron chi connectivity index (χ4n) is 2.04. The summed E-state index contributed by atoms with van der Waals surface area (Å²) in [6, 6.07) is 1.22. The van der Waals surface area contributed by atoms with Crippen molar-refractivity contribution in [2.75, 3.05) is 20.3 Å². The summed E-state index contributed by atoms with van der Waals surface area (Å²) in [5.74, 6) is -0.563. The van der Waals surface area contributed by atoms with Gasteiger partial charge >= 0.3 is 5.97 Å². The number of hydrogen-bond donors (Lipinski definition) is 3. The molecule has 0 spiro atoms. The molecule has 1 fully saturated rings. The zero-order valence-corrected chi connectivity index (χ0v) is 12.5. The molecule has 1 aromatic rings. The van der Waals surface area contributed by atoms with E-state index in [4.69, 9.17) is 21.7 Å². The van der Waals surface area contributed by atoms with Crippen molar-refractivity contribution in [3.63, 3.8) is 0 Å². The molecule has 0 unspecified atom stereocenters. The van der Waals surface area contributed by atoms with Gasteiger partial charge in [0.1, 0.15) is 24.9 Å². The molecule has 1 saturated heterocycles. The number of esters is 1. The number of aliphatic hydroxyl groups is 2. The number of carbonyl (C=O) groups is 1. The van der Waals surface area contributed by atoms with Gasteiger partial charge in [0, 0.05) is 12.3 Å². The van der Waals surface area contributed by atoms with Crippen LogP contribution in [0.4, 0.5) is 0 Å². The van der Waals surface area contributed by atoms with E-state index in [0.717, 1.165) is 0 Å². The maximum absolute atomic E-state index is 11.1. The van der Waals surface area contributed by atoms with Crippen LogP contribution in [0.3, 0.4) is 0 Å². The second-order valence-corrected chi connectivity index (χ2v) is 5.04. The van der Waals surface area contributed by atoms with Crippen molar-refractivity contribution in [2.24, 2.45) is 0 Å². The first kappa shape index (κ1) is 16.8. The largest absolute Gasteiger partial charge is 0.467 e. The number of methoxy groups -OCH3 is 1. The fourth-order valence-corrected chi connectivity index (χ4v) is 2.31. The van der Waals surface area contributed by atoms with Gasteiger partial charge in [-0.15, -0.1) is 0 Å². The number of nitrogens with zero attached hydrogens (tertiary/aromatic N) is 1. The summed E-state index contributed by atoms with van der Waals surface area (Å²) >= 11 is 4.99. The summed E-state index contributed by atoms with van der Waals surface area (Å²) in [6.07, 6.45) is -2.94. The molecule has 0 aromatic carbocycles. The van der Waals surface area contributed by atoms with Crippen molar-refractivity contribution in [3.8, 4) is 0 Å². The van der Waals surface area contributed by atoms with Gasteiger partial charge in [0.05, 0.1) is 13.7 Å². The highest BCUT2D eigenvalue weighted by molar-refractivity contribution is 7.71. The maximum atomic E-state index is 11.1. The molecule has 3 N–H and O–H groups in total. The lowest BCUT2D eigenvalue weighted by molar-refractivity contribution is -0.148. The number of ether oxygens (including phenoxy) is 3. The van der Waals surface area contributed by atoms with E-state index in [1.165, 1.54) is 23.9 Å². The van der Waals surface area contributed by atoms with Crippen LogP contribution < -0.4 is 5.56 Å². The molecule has 1 aliphatic rings. The van der Waals surface area contributed by atoms with E-state index in [1.54, 1.807) is 0 Å². The summed E-state index contributed by atoms with van der Waals surface area (Å²) in [5, 5.41) is 20.0. The summed E-state index contributed by atoms with van der Waals surface area (Å²) in [5.41, 5.74) is -0.382.